The van der Waals surface area contributed by atoms with E-state index >= 15 is 0 Å². The number of benzene rings is 2. The summed E-state index contributed by atoms with van der Waals surface area (Å²) >= 11 is 0. The van der Waals surface area contributed by atoms with Crippen molar-refractivity contribution < 1.29 is 9.53 Å². The molecule has 3 aromatic heterocycles. The normalized spacial score (nSPS) is 11.1. The van der Waals surface area contributed by atoms with Crippen molar-refractivity contribution in [1.29, 1.82) is 0 Å². The monoisotopic (exact) mass is 397 g/mol. The van der Waals surface area contributed by atoms with Gasteiger partial charge in [-0.1, -0.05) is 36.4 Å². The van der Waals surface area contributed by atoms with Crippen molar-refractivity contribution in [3.05, 3.63) is 90.5 Å². The van der Waals surface area contributed by atoms with Crippen LogP contribution in [0.5, 0.6) is 5.75 Å². The van der Waals surface area contributed by atoms with Gasteiger partial charge in [0.2, 0.25) is 0 Å². The van der Waals surface area contributed by atoms with Crippen LogP contribution in [0.4, 0.5) is 5.69 Å². The molecule has 0 spiro atoms. The van der Waals surface area contributed by atoms with Gasteiger partial charge in [-0.15, -0.1) is 0 Å². The molecule has 0 aliphatic carbocycles. The van der Waals surface area contributed by atoms with Crippen molar-refractivity contribution in [2.75, 3.05) is 12.4 Å². The smallest absolute Gasteiger partial charge is 0.274 e. The number of nitrogens with zero attached hydrogens (tertiary/aromatic N) is 4. The van der Waals surface area contributed by atoms with Gasteiger partial charge in [0.25, 0.3) is 5.91 Å². The molecule has 30 heavy (non-hydrogen) atoms. The fraction of sp³-hybridized carbons (Fsp3) is 0.0870. The second-order valence-corrected chi connectivity index (χ2v) is 6.92. The largest absolute Gasteiger partial charge is 0.495 e. The average molecular weight is 397 g/mol. The molecule has 148 valence electrons. The van der Waals surface area contributed by atoms with Gasteiger partial charge in [0.15, 0.2) is 0 Å². The van der Waals surface area contributed by atoms with Crippen LogP contribution in [-0.2, 0) is 6.54 Å². The first-order valence-electron chi connectivity index (χ1n) is 9.54. The van der Waals surface area contributed by atoms with E-state index < -0.39 is 0 Å². The number of imidazole rings is 1. The summed E-state index contributed by atoms with van der Waals surface area (Å²) in [5, 5.41) is 8.41. The maximum absolute atomic E-state index is 13.0. The number of hydrogen-bond acceptors (Lipinski definition) is 4. The van der Waals surface area contributed by atoms with Crippen LogP contribution in [0, 0.1) is 0 Å². The van der Waals surface area contributed by atoms with E-state index in [0.717, 1.165) is 16.5 Å². The summed E-state index contributed by atoms with van der Waals surface area (Å²) in [6.07, 6.45) is 5.09. The van der Waals surface area contributed by atoms with Crippen molar-refractivity contribution in [3.8, 4) is 5.75 Å². The molecule has 0 bridgehead atoms. The maximum atomic E-state index is 13.0. The third-order valence-corrected chi connectivity index (χ3v) is 5.06. The van der Waals surface area contributed by atoms with E-state index in [2.05, 4.69) is 27.5 Å². The van der Waals surface area contributed by atoms with Crippen molar-refractivity contribution in [3.63, 3.8) is 0 Å². The summed E-state index contributed by atoms with van der Waals surface area (Å²) < 4.78 is 8.91. The Morgan fingerprint density at radius 2 is 1.90 bits per heavy atom. The van der Waals surface area contributed by atoms with E-state index in [1.54, 1.807) is 30.1 Å². The molecule has 7 nitrogen and oxygen atoms in total. The molecule has 0 radical (unpaired) electrons. The minimum Gasteiger partial charge on any atom is -0.495 e. The summed E-state index contributed by atoms with van der Waals surface area (Å²) in [4.78, 5) is 17.3. The topological polar surface area (TPSA) is 73.4 Å². The van der Waals surface area contributed by atoms with Crippen LogP contribution >= 0.6 is 0 Å². The fourth-order valence-corrected chi connectivity index (χ4v) is 3.53. The first-order valence-corrected chi connectivity index (χ1v) is 9.54. The van der Waals surface area contributed by atoms with Crippen molar-refractivity contribution in [1.82, 2.24) is 19.2 Å². The molecule has 5 aromatic rings. The second-order valence-electron chi connectivity index (χ2n) is 6.92. The van der Waals surface area contributed by atoms with Gasteiger partial charge in [0.05, 0.1) is 43.4 Å². The number of hydrogen-bond donors (Lipinski definition) is 1. The number of anilines is 1. The zero-order chi connectivity index (χ0) is 20.5. The molecule has 0 atom stereocenters. The van der Waals surface area contributed by atoms with E-state index in [1.165, 1.54) is 0 Å². The summed E-state index contributed by atoms with van der Waals surface area (Å²) in [5.74, 6) is 0.401. The van der Waals surface area contributed by atoms with Crippen molar-refractivity contribution in [2.45, 2.75) is 6.54 Å². The number of carbonyl (C=O) groups is 1. The molecule has 0 aliphatic rings. The Labute approximate surface area is 172 Å². The first-order chi connectivity index (χ1) is 14.7. The predicted octanol–water partition coefficient (Wildman–Crippen LogP) is 3.99. The van der Waals surface area contributed by atoms with Crippen LogP contribution in [0.15, 0.2) is 79.3 Å². The summed E-state index contributed by atoms with van der Waals surface area (Å²) in [5.41, 5.74) is 3.93. The van der Waals surface area contributed by atoms with E-state index in [1.807, 2.05) is 53.2 Å². The number of pyridine rings is 1. The number of ether oxygens (including phenoxy) is 1. The number of fused-ring (bicyclic) bond motifs is 2. The molecule has 0 saturated carbocycles. The summed E-state index contributed by atoms with van der Waals surface area (Å²) in [6, 6.07) is 19.6. The average Bonchev–Trinajstić information content (AvgIpc) is 3.39. The van der Waals surface area contributed by atoms with Crippen LogP contribution in [-0.4, -0.2) is 32.2 Å². The van der Waals surface area contributed by atoms with Gasteiger partial charge in [-0.05, 0) is 29.8 Å². The summed E-state index contributed by atoms with van der Waals surface area (Å²) in [7, 11) is 1.59. The third kappa shape index (κ3) is 3.16. The Morgan fingerprint density at radius 1 is 1.03 bits per heavy atom. The number of amides is 1. The lowest BCUT2D eigenvalue weighted by Crippen LogP contribution is -2.14. The lowest BCUT2D eigenvalue weighted by Gasteiger charge is -2.08. The molecule has 1 amide bonds. The van der Waals surface area contributed by atoms with Gasteiger partial charge in [0.1, 0.15) is 17.1 Å². The lowest BCUT2D eigenvalue weighted by atomic mass is 10.2. The highest BCUT2D eigenvalue weighted by molar-refractivity contribution is 6.08. The van der Waals surface area contributed by atoms with Gasteiger partial charge in [-0.3, -0.25) is 13.9 Å². The molecule has 0 fully saturated rings. The Balaban J connectivity index is 1.46. The van der Waals surface area contributed by atoms with Gasteiger partial charge < -0.3 is 10.1 Å². The van der Waals surface area contributed by atoms with E-state index in [4.69, 9.17) is 4.74 Å². The molecule has 5 rings (SSSR count). The standard InChI is InChI=1S/C23H19N5O2/c1-30-17-10-11-22-24-13-21(27(22)15-17)23(29)26-19-8-5-9-20-18(19)12-25-28(20)14-16-6-3-2-4-7-16/h2-13,15H,14H2,1H3,(H,26,29). The Hall–Kier alpha value is -4.13. The number of aromatic nitrogens is 4. The maximum Gasteiger partial charge on any atom is 0.274 e. The Morgan fingerprint density at radius 3 is 2.73 bits per heavy atom. The van der Waals surface area contributed by atoms with Crippen molar-refractivity contribution in [2.24, 2.45) is 0 Å². The number of methoxy groups -OCH3 is 1. The predicted molar refractivity (Wildman–Crippen MR) is 115 cm³/mol. The first kappa shape index (κ1) is 17.9. The van der Waals surface area contributed by atoms with Gasteiger partial charge in [-0.25, -0.2) is 4.98 Å². The van der Waals surface area contributed by atoms with E-state index in [0.29, 0.717) is 29.3 Å². The van der Waals surface area contributed by atoms with Crippen LogP contribution in [0.2, 0.25) is 0 Å². The molecule has 0 saturated heterocycles. The van der Waals surface area contributed by atoms with Crippen molar-refractivity contribution >= 4 is 28.1 Å². The molecule has 1 N–H and O–H groups in total. The van der Waals surface area contributed by atoms with Crippen LogP contribution in [0.3, 0.4) is 0 Å². The molecule has 0 aliphatic heterocycles. The quantitative estimate of drug-likeness (QED) is 0.487. The molecule has 3 heterocycles. The zero-order valence-corrected chi connectivity index (χ0v) is 16.3. The summed E-state index contributed by atoms with van der Waals surface area (Å²) in [6.45, 7) is 0.662. The van der Waals surface area contributed by atoms with Crippen LogP contribution < -0.4 is 10.1 Å². The molecular weight excluding hydrogens is 378 g/mol. The minimum atomic E-state index is -0.251. The Bertz CT molecular complexity index is 1350. The fourth-order valence-electron chi connectivity index (χ4n) is 3.53. The van der Waals surface area contributed by atoms with Crippen LogP contribution in [0.1, 0.15) is 16.1 Å². The lowest BCUT2D eigenvalue weighted by molar-refractivity contribution is 0.102. The van der Waals surface area contributed by atoms with Gasteiger partial charge in [-0.2, -0.15) is 5.10 Å². The molecule has 2 aromatic carbocycles. The highest BCUT2D eigenvalue weighted by Crippen LogP contribution is 2.25. The van der Waals surface area contributed by atoms with E-state index in [9.17, 15) is 4.79 Å². The second kappa shape index (κ2) is 7.36. The zero-order valence-electron chi connectivity index (χ0n) is 16.3. The van der Waals surface area contributed by atoms with Crippen LogP contribution in [0.25, 0.3) is 16.6 Å². The molecule has 0 unspecified atom stereocenters. The SMILES string of the molecule is COc1ccc2ncc(C(=O)Nc3cccc4c3cnn4Cc3ccccc3)n2c1. The third-order valence-electron chi connectivity index (χ3n) is 5.06. The van der Waals surface area contributed by atoms with Gasteiger partial charge >= 0.3 is 0 Å². The minimum absolute atomic E-state index is 0.251. The number of nitrogens with one attached hydrogen (secondary N) is 1. The van der Waals surface area contributed by atoms with E-state index in [-0.39, 0.29) is 5.91 Å². The Kier molecular flexibility index (Phi) is 4.40. The number of rotatable bonds is 5. The van der Waals surface area contributed by atoms with Gasteiger partial charge in [0, 0.05) is 5.39 Å². The molecule has 7 heteroatoms. The number of carbonyl (C=O) groups excluding carboxylic acids is 1. The highest BCUT2D eigenvalue weighted by atomic mass is 16.5. The molecular formula is C23H19N5O2. The highest BCUT2D eigenvalue weighted by Gasteiger charge is 2.15.